The van der Waals surface area contributed by atoms with Crippen LogP contribution in [-0.2, 0) is 35.5 Å². The lowest BCUT2D eigenvalue weighted by Crippen LogP contribution is -2.46. The Labute approximate surface area is 133 Å². The van der Waals surface area contributed by atoms with Gasteiger partial charge in [-0.2, -0.15) is 0 Å². The van der Waals surface area contributed by atoms with E-state index < -0.39 is 36.3 Å². The van der Waals surface area contributed by atoms with Crippen LogP contribution in [-0.4, -0.2) is 21.1 Å². The van der Waals surface area contributed by atoms with Crippen molar-refractivity contribution in [1.82, 2.24) is 9.13 Å². The minimum Gasteiger partial charge on any atom is -0.548 e. The lowest BCUT2D eigenvalue weighted by Gasteiger charge is -2.13. The Morgan fingerprint density at radius 3 is 2.26 bits per heavy atom. The third-order valence-electron chi connectivity index (χ3n) is 3.89. The van der Waals surface area contributed by atoms with E-state index in [0.717, 1.165) is 34.3 Å². The Morgan fingerprint density at radius 1 is 1.00 bits per heavy atom. The molecule has 0 unspecified atom stereocenters. The molecule has 1 aliphatic carbocycles. The second-order valence-electron chi connectivity index (χ2n) is 5.40. The number of rotatable bonds is 4. The summed E-state index contributed by atoms with van der Waals surface area (Å²) in [6, 6.07) is 0. The minimum atomic E-state index is -1.59. The molecule has 0 saturated heterocycles. The van der Waals surface area contributed by atoms with E-state index in [1.165, 1.54) is 11.3 Å². The fraction of sp³-hybridized carbons (Fsp3) is 0.429. The summed E-state index contributed by atoms with van der Waals surface area (Å²) in [5, 5.41) is 22.0. The number of carbonyl (C=O) groups excluding carboxylic acids is 2. The molecule has 0 N–H and O–H groups in total. The van der Waals surface area contributed by atoms with E-state index in [4.69, 9.17) is 0 Å². The molecule has 3 rings (SSSR count). The lowest BCUT2D eigenvalue weighted by atomic mass is 9.97. The van der Waals surface area contributed by atoms with Crippen LogP contribution >= 0.6 is 11.3 Å². The van der Waals surface area contributed by atoms with Gasteiger partial charge in [-0.1, -0.05) is 0 Å². The molecule has 8 nitrogen and oxygen atoms in total. The number of thiophene rings is 1. The first kappa shape index (κ1) is 15.5. The Hall–Kier alpha value is -2.42. The molecule has 0 aliphatic heterocycles. The van der Waals surface area contributed by atoms with E-state index >= 15 is 0 Å². The average Bonchev–Trinajstić information content (AvgIpc) is 2.87. The zero-order chi connectivity index (χ0) is 16.7. The van der Waals surface area contributed by atoms with Gasteiger partial charge in [0.1, 0.15) is 4.83 Å². The van der Waals surface area contributed by atoms with E-state index in [9.17, 15) is 29.4 Å². The summed E-state index contributed by atoms with van der Waals surface area (Å²) in [4.78, 5) is 47.9. The van der Waals surface area contributed by atoms with Crippen molar-refractivity contribution in [2.75, 3.05) is 0 Å². The van der Waals surface area contributed by atoms with Crippen LogP contribution in [0.15, 0.2) is 9.59 Å². The molecule has 122 valence electrons. The van der Waals surface area contributed by atoms with Crippen molar-refractivity contribution in [2.45, 2.75) is 38.8 Å². The molecular formula is C14H12N2O6S-2. The molecule has 0 aromatic carbocycles. The van der Waals surface area contributed by atoms with Gasteiger partial charge in [0, 0.05) is 4.88 Å². The van der Waals surface area contributed by atoms with Crippen molar-refractivity contribution >= 4 is 33.5 Å². The molecule has 0 spiro atoms. The summed E-state index contributed by atoms with van der Waals surface area (Å²) < 4.78 is 1.42. The maximum atomic E-state index is 12.6. The van der Waals surface area contributed by atoms with Crippen LogP contribution in [0.1, 0.15) is 23.3 Å². The summed E-state index contributed by atoms with van der Waals surface area (Å²) >= 11 is 1.22. The van der Waals surface area contributed by atoms with Gasteiger partial charge in [0.05, 0.1) is 30.4 Å². The molecule has 0 radical (unpaired) electrons. The predicted molar refractivity (Wildman–Crippen MR) is 77.0 cm³/mol. The van der Waals surface area contributed by atoms with Gasteiger partial charge >= 0.3 is 5.69 Å². The largest absolute Gasteiger partial charge is 0.548 e. The summed E-state index contributed by atoms with van der Waals surface area (Å²) in [7, 11) is 0. The smallest absolute Gasteiger partial charge is 0.332 e. The molecule has 1 aliphatic rings. The van der Waals surface area contributed by atoms with Crippen molar-refractivity contribution in [3.63, 3.8) is 0 Å². The Morgan fingerprint density at radius 2 is 1.61 bits per heavy atom. The van der Waals surface area contributed by atoms with E-state index in [1.54, 1.807) is 0 Å². The van der Waals surface area contributed by atoms with E-state index in [2.05, 4.69) is 0 Å². The van der Waals surface area contributed by atoms with E-state index in [-0.39, 0.29) is 10.2 Å². The van der Waals surface area contributed by atoms with Crippen LogP contribution in [0.2, 0.25) is 0 Å². The molecule has 2 aromatic rings. The number of hydrogen-bond donors (Lipinski definition) is 0. The molecule has 0 bridgehead atoms. The lowest BCUT2D eigenvalue weighted by molar-refractivity contribution is -0.307. The summed E-state index contributed by atoms with van der Waals surface area (Å²) in [6.45, 7) is -1.65. The Kier molecular flexibility index (Phi) is 3.80. The molecule has 0 amide bonds. The fourth-order valence-corrected chi connectivity index (χ4v) is 4.33. The molecule has 9 heteroatoms. The number of aryl methyl sites for hydroxylation is 2. The number of carbonyl (C=O) groups is 2. The maximum absolute atomic E-state index is 12.6. The van der Waals surface area contributed by atoms with Crippen LogP contribution < -0.4 is 21.5 Å². The molecule has 0 saturated carbocycles. The molecule has 2 heterocycles. The highest BCUT2D eigenvalue weighted by Crippen LogP contribution is 2.34. The number of fused-ring (bicyclic) bond motifs is 3. The van der Waals surface area contributed by atoms with Gasteiger partial charge in [0.25, 0.3) is 5.56 Å². The van der Waals surface area contributed by atoms with Gasteiger partial charge in [-0.3, -0.25) is 13.9 Å². The van der Waals surface area contributed by atoms with Crippen LogP contribution in [0.25, 0.3) is 10.2 Å². The number of aromatic nitrogens is 2. The van der Waals surface area contributed by atoms with Gasteiger partial charge in [0.15, 0.2) is 0 Å². The zero-order valence-corrected chi connectivity index (χ0v) is 12.8. The van der Waals surface area contributed by atoms with Gasteiger partial charge < -0.3 is 19.8 Å². The van der Waals surface area contributed by atoms with Crippen molar-refractivity contribution in [3.05, 3.63) is 31.3 Å². The van der Waals surface area contributed by atoms with Crippen LogP contribution in [0.4, 0.5) is 0 Å². The normalized spacial score (nSPS) is 13.9. The van der Waals surface area contributed by atoms with Crippen molar-refractivity contribution in [3.8, 4) is 0 Å². The topological polar surface area (TPSA) is 124 Å². The van der Waals surface area contributed by atoms with Gasteiger partial charge in [-0.15, -0.1) is 11.3 Å². The number of carboxylic acid groups (broad SMARTS) is 2. The third-order valence-corrected chi connectivity index (χ3v) is 5.21. The first-order valence-electron chi connectivity index (χ1n) is 7.07. The third kappa shape index (κ3) is 2.56. The fourth-order valence-electron chi connectivity index (χ4n) is 2.95. The standard InChI is InChI=1S/C14H14N2O6S/c17-9(18)5-15-12(21)11-7-3-1-2-4-8(7)23-13(11)16(14(15)22)6-10(19)20/h1-6H2,(H,17,18)(H,19,20)/p-2. The monoisotopic (exact) mass is 336 g/mol. The molecule has 0 fully saturated rings. The second-order valence-corrected chi connectivity index (χ2v) is 6.48. The Bertz CT molecular complexity index is 935. The van der Waals surface area contributed by atoms with Gasteiger partial charge in [-0.05, 0) is 31.2 Å². The number of carboxylic acids is 2. The van der Waals surface area contributed by atoms with Gasteiger partial charge in [0.2, 0.25) is 0 Å². The zero-order valence-electron chi connectivity index (χ0n) is 12.0. The van der Waals surface area contributed by atoms with E-state index in [0.29, 0.717) is 11.0 Å². The first-order chi connectivity index (χ1) is 10.9. The SMILES string of the molecule is O=C([O-])Cn1c(=O)c2c3c(sc2n(CC(=O)[O-])c1=O)CCCC3. The highest BCUT2D eigenvalue weighted by Gasteiger charge is 2.23. The summed E-state index contributed by atoms with van der Waals surface area (Å²) in [6.07, 6.45) is 3.25. The number of hydrogen-bond acceptors (Lipinski definition) is 7. The maximum Gasteiger partial charge on any atom is 0.332 e. The molecular weight excluding hydrogens is 324 g/mol. The van der Waals surface area contributed by atoms with E-state index in [1.807, 2.05) is 0 Å². The van der Waals surface area contributed by atoms with Crippen LogP contribution in [0.3, 0.4) is 0 Å². The highest BCUT2D eigenvalue weighted by atomic mass is 32.1. The summed E-state index contributed by atoms with van der Waals surface area (Å²) in [5.41, 5.74) is -0.891. The first-order valence-corrected chi connectivity index (χ1v) is 7.89. The Balaban J connectivity index is 2.40. The molecule has 23 heavy (non-hydrogen) atoms. The average molecular weight is 336 g/mol. The minimum absolute atomic E-state index is 0.242. The highest BCUT2D eigenvalue weighted by molar-refractivity contribution is 7.18. The van der Waals surface area contributed by atoms with Crippen molar-refractivity contribution in [1.29, 1.82) is 0 Å². The van der Waals surface area contributed by atoms with Crippen molar-refractivity contribution in [2.24, 2.45) is 0 Å². The van der Waals surface area contributed by atoms with Crippen molar-refractivity contribution < 1.29 is 19.8 Å². The van der Waals surface area contributed by atoms with Gasteiger partial charge in [-0.25, -0.2) is 4.79 Å². The quantitative estimate of drug-likeness (QED) is 0.613. The molecule has 0 atom stereocenters. The van der Waals surface area contributed by atoms with Crippen LogP contribution in [0.5, 0.6) is 0 Å². The van der Waals surface area contributed by atoms with Crippen LogP contribution in [0, 0.1) is 0 Å². The predicted octanol–water partition coefficient (Wildman–Crippen LogP) is -2.40. The molecule has 2 aromatic heterocycles. The number of nitrogens with zero attached hydrogens (tertiary/aromatic N) is 2. The summed E-state index contributed by atoms with van der Waals surface area (Å²) in [5.74, 6) is -3.08. The number of aliphatic carboxylic acids is 2. The second kappa shape index (κ2) is 5.65.